The number of aromatic nitrogens is 1. The van der Waals surface area contributed by atoms with Crippen LogP contribution in [0.25, 0.3) is 0 Å². The van der Waals surface area contributed by atoms with E-state index in [4.69, 9.17) is 9.15 Å². The summed E-state index contributed by atoms with van der Waals surface area (Å²) in [6, 6.07) is 14.8. The molecule has 11 heteroatoms. The second kappa shape index (κ2) is 14.7. The van der Waals surface area contributed by atoms with Crippen molar-refractivity contribution in [2.24, 2.45) is 0 Å². The van der Waals surface area contributed by atoms with Crippen LogP contribution >= 0.6 is 0 Å². The molecular formula is C28H38N4O6S. The average Bonchev–Trinajstić information content (AvgIpc) is 3.36. The van der Waals surface area contributed by atoms with Gasteiger partial charge in [0.2, 0.25) is 10.0 Å². The highest BCUT2D eigenvalue weighted by molar-refractivity contribution is 7.91. The van der Waals surface area contributed by atoms with Crippen LogP contribution in [0.3, 0.4) is 0 Å². The molecule has 0 spiro atoms. The number of hydrogen-bond acceptors (Lipinski definition) is 8. The van der Waals surface area contributed by atoms with E-state index >= 15 is 0 Å². The molecule has 0 aliphatic rings. The van der Waals surface area contributed by atoms with Crippen LogP contribution in [0.2, 0.25) is 0 Å². The number of hydrogen-bond donors (Lipinski definition) is 4. The fourth-order valence-corrected chi connectivity index (χ4v) is 4.30. The van der Waals surface area contributed by atoms with Gasteiger partial charge in [-0.25, -0.2) is 13.1 Å². The monoisotopic (exact) mass is 558 g/mol. The molecule has 0 fully saturated rings. The number of anilines is 1. The second-order valence-electron chi connectivity index (χ2n) is 9.41. The van der Waals surface area contributed by atoms with Gasteiger partial charge in [0.05, 0.1) is 25.0 Å². The minimum atomic E-state index is -3.61. The van der Waals surface area contributed by atoms with Crippen molar-refractivity contribution in [3.63, 3.8) is 0 Å². The topological polar surface area (TPSA) is 143 Å². The lowest BCUT2D eigenvalue weighted by Gasteiger charge is -2.24. The van der Waals surface area contributed by atoms with Crippen molar-refractivity contribution in [3.05, 3.63) is 77.2 Å². The number of rotatable bonds is 16. The van der Waals surface area contributed by atoms with Gasteiger partial charge in [0, 0.05) is 13.1 Å². The number of nitrogens with one attached hydrogen (secondary N) is 3. The Kier molecular flexibility index (Phi) is 11.3. The number of unbranched alkanes of at least 4 members (excludes halogenated alkanes) is 1. The predicted molar refractivity (Wildman–Crippen MR) is 150 cm³/mol. The van der Waals surface area contributed by atoms with E-state index < -0.39 is 28.1 Å². The number of oxazole rings is 1. The summed E-state index contributed by atoms with van der Waals surface area (Å²) < 4.78 is 35.7. The lowest BCUT2D eigenvalue weighted by Crippen LogP contribution is -2.48. The van der Waals surface area contributed by atoms with E-state index in [-0.39, 0.29) is 18.3 Å². The molecule has 1 amide bonds. The highest BCUT2D eigenvalue weighted by Crippen LogP contribution is 2.16. The molecule has 4 N–H and O–H groups in total. The van der Waals surface area contributed by atoms with Gasteiger partial charge in [-0.2, -0.15) is 4.98 Å². The maximum absolute atomic E-state index is 12.9. The van der Waals surface area contributed by atoms with Crippen LogP contribution in [0.15, 0.2) is 59.2 Å². The van der Waals surface area contributed by atoms with E-state index in [2.05, 4.69) is 46.3 Å². The Hall–Kier alpha value is -3.41. The maximum Gasteiger partial charge on any atom is 0.309 e. The maximum atomic E-state index is 12.9. The molecule has 1 heterocycles. The van der Waals surface area contributed by atoms with E-state index in [0.29, 0.717) is 19.6 Å². The molecule has 3 rings (SSSR count). The normalized spacial score (nSPS) is 13.0. The number of nitrogens with zero attached hydrogens (tertiary/aromatic N) is 1. The van der Waals surface area contributed by atoms with Crippen molar-refractivity contribution in [2.45, 2.75) is 58.2 Å². The first-order chi connectivity index (χ1) is 18.7. The van der Waals surface area contributed by atoms with E-state index in [1.807, 2.05) is 36.4 Å². The molecule has 3 aromatic rings. The molecule has 212 valence electrons. The van der Waals surface area contributed by atoms with E-state index in [9.17, 15) is 18.3 Å². The molecular weight excluding hydrogens is 520 g/mol. The van der Waals surface area contributed by atoms with Gasteiger partial charge in [-0.05, 0) is 48.1 Å². The lowest BCUT2D eigenvalue weighted by atomic mass is 10.0. The first-order valence-electron chi connectivity index (χ1n) is 13.1. The van der Waals surface area contributed by atoms with Gasteiger partial charge in [0.25, 0.3) is 5.91 Å². The summed E-state index contributed by atoms with van der Waals surface area (Å²) in [5.41, 5.74) is 3.13. The smallest absolute Gasteiger partial charge is 0.309 e. The Labute approximate surface area is 230 Å². The number of benzene rings is 2. The average molecular weight is 559 g/mol. The van der Waals surface area contributed by atoms with Crippen molar-refractivity contribution in [2.75, 3.05) is 24.1 Å². The Morgan fingerprint density at radius 3 is 2.54 bits per heavy atom. The molecule has 0 aliphatic heterocycles. The minimum absolute atomic E-state index is 0.109. The molecule has 2 aromatic carbocycles. The minimum Gasteiger partial charge on any atom is -0.494 e. The fraction of sp³-hybridized carbons (Fsp3) is 0.429. The van der Waals surface area contributed by atoms with Crippen LogP contribution in [0, 0.1) is 0 Å². The van der Waals surface area contributed by atoms with Crippen LogP contribution in [0.1, 0.15) is 53.9 Å². The third kappa shape index (κ3) is 10.3. The Morgan fingerprint density at radius 1 is 1.10 bits per heavy atom. The van der Waals surface area contributed by atoms with Crippen molar-refractivity contribution < 1.29 is 27.5 Å². The van der Waals surface area contributed by atoms with Crippen LogP contribution in [-0.2, 0) is 29.4 Å². The van der Waals surface area contributed by atoms with Gasteiger partial charge in [-0.15, -0.1) is 0 Å². The molecule has 0 saturated carbocycles. The summed E-state index contributed by atoms with van der Waals surface area (Å²) in [4.78, 5) is 16.8. The molecule has 0 bridgehead atoms. The first kappa shape index (κ1) is 30.1. The number of amides is 1. The van der Waals surface area contributed by atoms with E-state index in [1.165, 1.54) is 5.56 Å². The summed E-state index contributed by atoms with van der Waals surface area (Å²) in [6.07, 6.45) is 4.40. The molecule has 2 atom stereocenters. The van der Waals surface area contributed by atoms with Crippen LogP contribution < -0.4 is 20.1 Å². The van der Waals surface area contributed by atoms with Crippen molar-refractivity contribution in [1.29, 1.82) is 0 Å². The zero-order valence-electron chi connectivity index (χ0n) is 22.6. The number of aliphatic hydroxyl groups is 1. The zero-order valence-corrected chi connectivity index (χ0v) is 23.5. The number of aliphatic hydroxyl groups excluding tert-OH is 1. The number of sulfonamides is 1. The van der Waals surface area contributed by atoms with Crippen molar-refractivity contribution in [3.8, 4) is 5.75 Å². The third-order valence-electron chi connectivity index (χ3n) is 6.02. The summed E-state index contributed by atoms with van der Waals surface area (Å²) in [5.74, 6) is 0.164. The summed E-state index contributed by atoms with van der Waals surface area (Å²) in [6.45, 7) is 5.65. The molecule has 0 radical (unpaired) electrons. The number of carbonyl (C=O) groups excluding carboxylic acids is 1. The Bertz CT molecular complexity index is 1290. The van der Waals surface area contributed by atoms with Crippen molar-refractivity contribution in [1.82, 2.24) is 15.6 Å². The van der Waals surface area contributed by atoms with Gasteiger partial charge < -0.3 is 24.9 Å². The SMILES string of the molecule is CCCCOc1ccc(C[C@H](NC(=O)c2coc(NS(C)(=O)=O)n2)[C@H](O)CNCc2cccc(CC)c2)cc1. The number of ether oxygens (including phenoxy) is 1. The molecule has 0 saturated heterocycles. The summed E-state index contributed by atoms with van der Waals surface area (Å²) >= 11 is 0. The molecule has 0 aliphatic carbocycles. The van der Waals surface area contributed by atoms with Crippen LogP contribution in [0.5, 0.6) is 5.75 Å². The second-order valence-corrected chi connectivity index (χ2v) is 11.2. The highest BCUT2D eigenvalue weighted by Gasteiger charge is 2.24. The van der Waals surface area contributed by atoms with Crippen molar-refractivity contribution >= 4 is 21.9 Å². The first-order valence-corrected chi connectivity index (χ1v) is 15.0. The summed E-state index contributed by atoms with van der Waals surface area (Å²) in [7, 11) is -3.61. The number of carbonyl (C=O) groups is 1. The Morgan fingerprint density at radius 2 is 1.85 bits per heavy atom. The Balaban J connectivity index is 1.68. The molecule has 39 heavy (non-hydrogen) atoms. The van der Waals surface area contributed by atoms with E-state index in [1.54, 1.807) is 0 Å². The van der Waals surface area contributed by atoms with Crippen LogP contribution in [0.4, 0.5) is 6.01 Å². The number of aryl methyl sites for hydroxylation is 1. The molecule has 1 aromatic heterocycles. The largest absolute Gasteiger partial charge is 0.494 e. The molecule has 0 unspecified atom stereocenters. The third-order valence-corrected chi connectivity index (χ3v) is 6.56. The lowest BCUT2D eigenvalue weighted by molar-refractivity contribution is 0.0825. The predicted octanol–water partition coefficient (Wildman–Crippen LogP) is 3.28. The van der Waals surface area contributed by atoms with Crippen LogP contribution in [-0.4, -0.2) is 56.0 Å². The standard InChI is InChI=1S/C28H38N4O6S/c1-4-6-14-37-23-12-10-21(11-13-23)16-24(26(33)18-29-17-22-9-7-8-20(5-2)15-22)30-27(34)25-19-38-28(31-25)32-39(3,35)36/h7-13,15,19,24,26,29,33H,4-6,14,16-18H2,1-3H3,(H,30,34)(H,31,32)/t24-,26+/m0/s1. The van der Waals surface area contributed by atoms with Gasteiger partial charge in [-0.3, -0.25) is 4.79 Å². The fourth-order valence-electron chi connectivity index (χ4n) is 3.89. The highest BCUT2D eigenvalue weighted by atomic mass is 32.2. The van der Waals surface area contributed by atoms with Gasteiger partial charge in [-0.1, -0.05) is 56.7 Å². The van der Waals surface area contributed by atoms with Gasteiger partial charge in [0.15, 0.2) is 5.69 Å². The zero-order chi connectivity index (χ0) is 28.3. The quantitative estimate of drug-likeness (QED) is 0.196. The van der Waals surface area contributed by atoms with Gasteiger partial charge >= 0.3 is 6.01 Å². The summed E-state index contributed by atoms with van der Waals surface area (Å²) in [5, 5.41) is 17.2. The van der Waals surface area contributed by atoms with Gasteiger partial charge in [0.1, 0.15) is 12.0 Å². The molecule has 10 nitrogen and oxygen atoms in total. The van der Waals surface area contributed by atoms with E-state index in [0.717, 1.165) is 48.7 Å².